The lowest BCUT2D eigenvalue weighted by Gasteiger charge is -2.21. The molecule has 2 aromatic rings. The van der Waals surface area contributed by atoms with E-state index in [0.29, 0.717) is 17.1 Å². The van der Waals surface area contributed by atoms with Gasteiger partial charge >= 0.3 is 5.97 Å². The van der Waals surface area contributed by atoms with Crippen LogP contribution in [0.5, 0.6) is 0 Å². The van der Waals surface area contributed by atoms with Crippen molar-refractivity contribution in [2.75, 3.05) is 5.32 Å². The van der Waals surface area contributed by atoms with Gasteiger partial charge in [-0.05, 0) is 50.1 Å². The zero-order valence-corrected chi connectivity index (χ0v) is 15.3. The van der Waals surface area contributed by atoms with Crippen molar-refractivity contribution < 1.29 is 14.7 Å². The molecule has 4 nitrogen and oxygen atoms in total. The Kier molecular flexibility index (Phi) is 6.21. The summed E-state index contributed by atoms with van der Waals surface area (Å²) < 4.78 is 0. The number of hydrogen-bond donors (Lipinski definition) is 2. The molecule has 2 N–H and O–H groups in total. The van der Waals surface area contributed by atoms with Gasteiger partial charge in [0.1, 0.15) is 0 Å². The molecule has 2 atom stereocenters. The number of carbonyl (C=O) groups excluding carboxylic acids is 1. The van der Waals surface area contributed by atoms with E-state index in [0.717, 1.165) is 16.7 Å². The number of hydrogen-bond acceptors (Lipinski definition) is 2. The van der Waals surface area contributed by atoms with Gasteiger partial charge in [0.25, 0.3) is 0 Å². The second-order valence-corrected chi connectivity index (χ2v) is 6.87. The van der Waals surface area contributed by atoms with Gasteiger partial charge in [-0.25, -0.2) is 0 Å². The molecule has 0 unspecified atom stereocenters. The number of aryl methyl sites for hydroxylation is 2. The average Bonchev–Trinajstić information content (AvgIpc) is 2.53. The minimum Gasteiger partial charge on any atom is -0.481 e. The summed E-state index contributed by atoms with van der Waals surface area (Å²) in [6, 6.07) is 12.8. The molecule has 25 heavy (non-hydrogen) atoms. The van der Waals surface area contributed by atoms with Crippen LogP contribution in [0.3, 0.4) is 0 Å². The first-order valence-electron chi connectivity index (χ1n) is 8.12. The van der Waals surface area contributed by atoms with Crippen LogP contribution in [0.1, 0.15) is 23.6 Å². The maximum Gasteiger partial charge on any atom is 0.307 e. The monoisotopic (exact) mass is 359 g/mol. The van der Waals surface area contributed by atoms with Gasteiger partial charge in [0.2, 0.25) is 5.91 Å². The Balaban J connectivity index is 2.23. The first-order chi connectivity index (χ1) is 11.8. The van der Waals surface area contributed by atoms with E-state index in [9.17, 15) is 14.7 Å². The zero-order chi connectivity index (χ0) is 18.6. The number of carbonyl (C=O) groups is 2. The third-order valence-electron chi connectivity index (χ3n) is 4.18. The van der Waals surface area contributed by atoms with Crippen molar-refractivity contribution in [1.82, 2.24) is 0 Å². The fourth-order valence-corrected chi connectivity index (χ4v) is 3.00. The number of amides is 1. The molecule has 2 rings (SSSR count). The lowest BCUT2D eigenvalue weighted by molar-refractivity contribution is -0.145. The number of benzene rings is 2. The number of anilines is 1. The Bertz CT molecular complexity index is 751. The molecule has 0 bridgehead atoms. The molecule has 0 spiro atoms. The van der Waals surface area contributed by atoms with Crippen molar-refractivity contribution >= 4 is 29.2 Å². The molecule has 0 aliphatic rings. The highest BCUT2D eigenvalue weighted by molar-refractivity contribution is 6.30. The summed E-state index contributed by atoms with van der Waals surface area (Å²) in [5.41, 5.74) is 3.74. The summed E-state index contributed by atoms with van der Waals surface area (Å²) in [6.07, 6.45) is 0.370. The second kappa shape index (κ2) is 8.17. The molecule has 2 aromatic carbocycles. The number of halogens is 1. The Morgan fingerprint density at radius 1 is 1.08 bits per heavy atom. The molecule has 0 aromatic heterocycles. The smallest absolute Gasteiger partial charge is 0.307 e. The highest BCUT2D eigenvalue weighted by Gasteiger charge is 2.30. The number of nitrogens with one attached hydrogen (secondary N) is 1. The molecule has 0 fully saturated rings. The number of carboxylic acid groups (broad SMARTS) is 1. The molecule has 0 saturated carbocycles. The van der Waals surface area contributed by atoms with E-state index in [1.54, 1.807) is 31.2 Å². The molecule has 0 heterocycles. The van der Waals surface area contributed by atoms with Crippen LogP contribution in [0.25, 0.3) is 0 Å². The van der Waals surface area contributed by atoms with Crippen molar-refractivity contribution in [3.05, 3.63) is 64.2 Å². The van der Waals surface area contributed by atoms with Crippen molar-refractivity contribution in [3.63, 3.8) is 0 Å². The molecule has 0 radical (unpaired) electrons. The summed E-state index contributed by atoms with van der Waals surface area (Å²) in [6.45, 7) is 5.54. The van der Waals surface area contributed by atoms with Crippen molar-refractivity contribution in [2.24, 2.45) is 11.8 Å². The van der Waals surface area contributed by atoms with Crippen LogP contribution in [0.15, 0.2) is 42.5 Å². The zero-order valence-electron chi connectivity index (χ0n) is 14.5. The largest absolute Gasteiger partial charge is 0.481 e. The van der Waals surface area contributed by atoms with Crippen LogP contribution in [-0.2, 0) is 16.0 Å². The van der Waals surface area contributed by atoms with Crippen LogP contribution in [0.2, 0.25) is 5.02 Å². The Hall–Kier alpha value is -2.33. The van der Waals surface area contributed by atoms with Gasteiger partial charge in [0.15, 0.2) is 0 Å². The van der Waals surface area contributed by atoms with Gasteiger partial charge in [-0.1, -0.05) is 47.9 Å². The topological polar surface area (TPSA) is 66.4 Å². The second-order valence-electron chi connectivity index (χ2n) is 6.43. The third kappa shape index (κ3) is 5.33. The summed E-state index contributed by atoms with van der Waals surface area (Å²) in [5, 5.41) is 12.8. The average molecular weight is 360 g/mol. The predicted molar refractivity (Wildman–Crippen MR) is 100.0 cm³/mol. The van der Waals surface area contributed by atoms with E-state index in [-0.39, 0.29) is 5.91 Å². The number of rotatable bonds is 6. The van der Waals surface area contributed by atoms with Gasteiger partial charge in [-0.2, -0.15) is 0 Å². The minimum absolute atomic E-state index is 0.309. The van der Waals surface area contributed by atoms with Crippen LogP contribution in [-0.4, -0.2) is 17.0 Å². The molecule has 5 heteroatoms. The summed E-state index contributed by atoms with van der Waals surface area (Å²) in [7, 11) is 0. The quantitative estimate of drug-likeness (QED) is 0.799. The fraction of sp³-hybridized carbons (Fsp3) is 0.300. The van der Waals surface area contributed by atoms with Crippen molar-refractivity contribution in [3.8, 4) is 0 Å². The number of carboxylic acids is 1. The minimum atomic E-state index is -0.986. The first-order valence-corrected chi connectivity index (χ1v) is 8.50. The van der Waals surface area contributed by atoms with E-state index in [1.165, 1.54) is 0 Å². The maximum absolute atomic E-state index is 12.7. The highest BCUT2D eigenvalue weighted by Crippen LogP contribution is 2.23. The van der Waals surface area contributed by atoms with Crippen LogP contribution < -0.4 is 5.32 Å². The van der Waals surface area contributed by atoms with Gasteiger partial charge in [-0.15, -0.1) is 0 Å². The SMILES string of the molecule is Cc1cc(C)cc(C[C@@H](C(=O)Nc2ccc(Cl)cc2)[C@H](C)C(=O)O)c1. The first kappa shape index (κ1) is 19.0. The molecule has 0 aliphatic heterocycles. The van der Waals surface area contributed by atoms with Crippen molar-refractivity contribution in [2.45, 2.75) is 27.2 Å². The molecule has 132 valence electrons. The van der Waals surface area contributed by atoms with Gasteiger partial charge in [0.05, 0.1) is 11.8 Å². The van der Waals surface area contributed by atoms with Crippen LogP contribution >= 0.6 is 11.6 Å². The van der Waals surface area contributed by atoms with Crippen LogP contribution in [0.4, 0.5) is 5.69 Å². The Labute approximate surface area is 152 Å². The normalized spacial score (nSPS) is 13.1. The maximum atomic E-state index is 12.7. The van der Waals surface area contributed by atoms with E-state index >= 15 is 0 Å². The molecular formula is C20H22ClNO3. The predicted octanol–water partition coefficient (Wildman–Crippen LogP) is 4.47. The molecule has 1 amide bonds. The van der Waals surface area contributed by atoms with Gasteiger partial charge in [0, 0.05) is 10.7 Å². The van der Waals surface area contributed by atoms with E-state index < -0.39 is 17.8 Å². The van der Waals surface area contributed by atoms with Crippen molar-refractivity contribution in [1.29, 1.82) is 0 Å². The van der Waals surface area contributed by atoms with Gasteiger partial charge < -0.3 is 10.4 Å². The molecular weight excluding hydrogens is 338 g/mol. The summed E-state index contributed by atoms with van der Waals surface area (Å²) in [4.78, 5) is 24.2. The summed E-state index contributed by atoms with van der Waals surface area (Å²) in [5.74, 6) is -2.76. The van der Waals surface area contributed by atoms with E-state index in [2.05, 4.69) is 5.32 Å². The standard InChI is InChI=1S/C20H22ClNO3/c1-12-8-13(2)10-15(9-12)11-18(14(3)20(24)25)19(23)22-17-6-4-16(21)5-7-17/h4-10,14,18H,11H2,1-3H3,(H,22,23)(H,24,25)/t14-,18+/m0/s1. The lowest BCUT2D eigenvalue weighted by atomic mass is 9.86. The fourth-order valence-electron chi connectivity index (χ4n) is 2.88. The summed E-state index contributed by atoms with van der Waals surface area (Å²) >= 11 is 5.85. The number of aliphatic carboxylic acids is 1. The van der Waals surface area contributed by atoms with Gasteiger partial charge in [-0.3, -0.25) is 9.59 Å². The Morgan fingerprint density at radius 3 is 2.16 bits per heavy atom. The highest BCUT2D eigenvalue weighted by atomic mass is 35.5. The van der Waals surface area contributed by atoms with E-state index in [4.69, 9.17) is 11.6 Å². The molecule has 0 aliphatic carbocycles. The molecule has 0 saturated heterocycles. The lowest BCUT2D eigenvalue weighted by Crippen LogP contribution is -2.33. The Morgan fingerprint density at radius 2 is 1.64 bits per heavy atom. The third-order valence-corrected chi connectivity index (χ3v) is 4.43. The van der Waals surface area contributed by atoms with E-state index in [1.807, 2.05) is 32.0 Å². The van der Waals surface area contributed by atoms with Crippen LogP contribution in [0, 0.1) is 25.7 Å².